The summed E-state index contributed by atoms with van der Waals surface area (Å²) < 4.78 is 12.6. The van der Waals surface area contributed by atoms with Crippen molar-refractivity contribution in [2.45, 2.75) is 39.8 Å². The summed E-state index contributed by atoms with van der Waals surface area (Å²) in [5, 5.41) is 16.9. The van der Waals surface area contributed by atoms with Crippen LogP contribution in [0.4, 0.5) is 0 Å². The van der Waals surface area contributed by atoms with Crippen LogP contribution in [0.5, 0.6) is 11.5 Å². The number of aromatic nitrogens is 3. The molecule has 7 nitrogen and oxygen atoms in total. The minimum Gasteiger partial charge on any atom is -0.494 e. The van der Waals surface area contributed by atoms with E-state index in [1.54, 1.807) is 16.8 Å². The van der Waals surface area contributed by atoms with Crippen molar-refractivity contribution in [3.63, 3.8) is 0 Å². The molecule has 0 aliphatic heterocycles. The Morgan fingerprint density at radius 3 is 2.39 bits per heavy atom. The molecule has 0 spiro atoms. The lowest BCUT2D eigenvalue weighted by molar-refractivity contribution is 0.0687. The number of ether oxygens (including phenoxy) is 2. The van der Waals surface area contributed by atoms with Crippen LogP contribution in [0.1, 0.15) is 42.9 Å². The van der Waals surface area contributed by atoms with Crippen LogP contribution in [-0.4, -0.2) is 32.7 Å². The van der Waals surface area contributed by atoms with Crippen molar-refractivity contribution >= 4 is 5.97 Å². The predicted molar refractivity (Wildman–Crippen MR) is 83.8 cm³/mol. The minimum absolute atomic E-state index is 0.0629. The number of carbonyl (C=O) groups is 1. The van der Waals surface area contributed by atoms with Gasteiger partial charge < -0.3 is 14.6 Å². The van der Waals surface area contributed by atoms with Gasteiger partial charge in [-0.05, 0) is 37.6 Å². The summed E-state index contributed by atoms with van der Waals surface area (Å²) in [6.07, 6.45) is 1.89. The van der Waals surface area contributed by atoms with Crippen molar-refractivity contribution in [3.05, 3.63) is 35.7 Å². The highest BCUT2D eigenvalue weighted by molar-refractivity contribution is 5.86. The Bertz CT molecular complexity index is 637. The molecule has 0 saturated carbocycles. The molecule has 2 rings (SSSR count). The van der Waals surface area contributed by atoms with Gasteiger partial charge in [0.15, 0.2) is 5.69 Å². The van der Waals surface area contributed by atoms with Gasteiger partial charge in [0.05, 0.1) is 6.61 Å². The van der Waals surface area contributed by atoms with E-state index in [-0.39, 0.29) is 12.3 Å². The SMILES string of the molecule is CCCCn1nnc(C(=O)O)c1COc1ccc(OCC)cc1. The van der Waals surface area contributed by atoms with E-state index in [0.717, 1.165) is 18.6 Å². The number of hydrogen-bond donors (Lipinski definition) is 1. The molecule has 1 aromatic heterocycles. The Labute approximate surface area is 134 Å². The van der Waals surface area contributed by atoms with Gasteiger partial charge in [-0.15, -0.1) is 5.10 Å². The molecule has 0 unspecified atom stereocenters. The fraction of sp³-hybridized carbons (Fsp3) is 0.438. The summed E-state index contributed by atoms with van der Waals surface area (Å²) in [5.74, 6) is 0.298. The molecule has 124 valence electrons. The van der Waals surface area contributed by atoms with Gasteiger partial charge in [0.2, 0.25) is 0 Å². The first kappa shape index (κ1) is 16.8. The number of aryl methyl sites for hydroxylation is 1. The predicted octanol–water partition coefficient (Wildman–Crippen LogP) is 2.75. The molecule has 0 atom stereocenters. The number of unbranched alkanes of at least 4 members (excludes halogenated alkanes) is 1. The second kappa shape index (κ2) is 8.17. The number of hydrogen-bond acceptors (Lipinski definition) is 5. The second-order valence-corrected chi connectivity index (χ2v) is 4.96. The summed E-state index contributed by atoms with van der Waals surface area (Å²) in [6, 6.07) is 7.18. The molecule has 0 amide bonds. The molecule has 0 aliphatic rings. The van der Waals surface area contributed by atoms with Gasteiger partial charge >= 0.3 is 5.97 Å². The number of aromatic carboxylic acids is 1. The zero-order chi connectivity index (χ0) is 16.7. The maximum Gasteiger partial charge on any atom is 0.358 e. The lowest BCUT2D eigenvalue weighted by atomic mass is 10.3. The van der Waals surface area contributed by atoms with E-state index in [0.29, 0.717) is 24.6 Å². The Hall–Kier alpha value is -2.57. The lowest BCUT2D eigenvalue weighted by Gasteiger charge is -2.09. The monoisotopic (exact) mass is 319 g/mol. The van der Waals surface area contributed by atoms with E-state index in [1.165, 1.54) is 0 Å². The number of rotatable bonds is 9. The summed E-state index contributed by atoms with van der Waals surface area (Å²) in [7, 11) is 0. The van der Waals surface area contributed by atoms with E-state index in [1.807, 2.05) is 19.1 Å². The number of nitrogens with zero attached hydrogens (tertiary/aromatic N) is 3. The van der Waals surface area contributed by atoms with Crippen LogP contribution >= 0.6 is 0 Å². The van der Waals surface area contributed by atoms with Gasteiger partial charge in [-0.3, -0.25) is 0 Å². The van der Waals surface area contributed by atoms with Gasteiger partial charge in [-0.25, -0.2) is 9.48 Å². The van der Waals surface area contributed by atoms with Crippen LogP contribution in [-0.2, 0) is 13.2 Å². The van der Waals surface area contributed by atoms with Crippen molar-refractivity contribution in [1.29, 1.82) is 0 Å². The van der Waals surface area contributed by atoms with E-state index >= 15 is 0 Å². The largest absolute Gasteiger partial charge is 0.494 e. The highest BCUT2D eigenvalue weighted by atomic mass is 16.5. The molecule has 2 aromatic rings. The first-order valence-electron chi connectivity index (χ1n) is 7.67. The number of carboxylic acid groups (broad SMARTS) is 1. The van der Waals surface area contributed by atoms with Gasteiger partial charge in [0, 0.05) is 6.54 Å². The zero-order valence-electron chi connectivity index (χ0n) is 13.4. The molecule has 7 heteroatoms. The van der Waals surface area contributed by atoms with E-state index in [2.05, 4.69) is 17.2 Å². The highest BCUT2D eigenvalue weighted by Gasteiger charge is 2.19. The highest BCUT2D eigenvalue weighted by Crippen LogP contribution is 2.19. The summed E-state index contributed by atoms with van der Waals surface area (Å²) in [6.45, 7) is 5.31. The molecule has 0 radical (unpaired) electrons. The van der Waals surface area contributed by atoms with Crippen LogP contribution in [0, 0.1) is 0 Å². The van der Waals surface area contributed by atoms with Gasteiger partial charge in [-0.1, -0.05) is 18.6 Å². The third kappa shape index (κ3) is 4.45. The van der Waals surface area contributed by atoms with Crippen molar-refractivity contribution in [1.82, 2.24) is 15.0 Å². The van der Waals surface area contributed by atoms with Gasteiger partial charge in [0.1, 0.15) is 23.8 Å². The van der Waals surface area contributed by atoms with Crippen molar-refractivity contribution in [2.24, 2.45) is 0 Å². The van der Waals surface area contributed by atoms with Crippen molar-refractivity contribution in [3.8, 4) is 11.5 Å². The standard InChI is InChI=1S/C16H21N3O4/c1-3-5-10-19-14(15(16(20)21)17-18-19)11-23-13-8-6-12(7-9-13)22-4-2/h6-9H,3-5,10-11H2,1-2H3,(H,20,21). The average molecular weight is 319 g/mol. The molecule has 0 aliphatic carbocycles. The molecule has 23 heavy (non-hydrogen) atoms. The fourth-order valence-corrected chi connectivity index (χ4v) is 2.08. The summed E-state index contributed by atoms with van der Waals surface area (Å²) in [4.78, 5) is 11.2. The molecule has 1 aromatic carbocycles. The van der Waals surface area contributed by atoms with Crippen LogP contribution in [0.2, 0.25) is 0 Å². The molecular weight excluding hydrogens is 298 g/mol. The summed E-state index contributed by atoms with van der Waals surface area (Å²) >= 11 is 0. The summed E-state index contributed by atoms with van der Waals surface area (Å²) in [5.41, 5.74) is 0.409. The Morgan fingerprint density at radius 1 is 1.17 bits per heavy atom. The molecule has 0 saturated heterocycles. The van der Waals surface area contributed by atoms with E-state index < -0.39 is 5.97 Å². The van der Waals surface area contributed by atoms with Crippen LogP contribution < -0.4 is 9.47 Å². The van der Waals surface area contributed by atoms with Crippen LogP contribution in [0.3, 0.4) is 0 Å². The van der Waals surface area contributed by atoms with Gasteiger partial charge in [0.25, 0.3) is 0 Å². The maximum atomic E-state index is 11.2. The molecule has 1 heterocycles. The maximum absolute atomic E-state index is 11.2. The fourth-order valence-electron chi connectivity index (χ4n) is 2.08. The number of benzene rings is 1. The third-order valence-corrected chi connectivity index (χ3v) is 3.27. The molecular formula is C16H21N3O4. The lowest BCUT2D eigenvalue weighted by Crippen LogP contribution is -2.11. The molecule has 0 bridgehead atoms. The van der Waals surface area contributed by atoms with Gasteiger partial charge in [-0.2, -0.15) is 0 Å². The average Bonchev–Trinajstić information content (AvgIpc) is 2.95. The topological polar surface area (TPSA) is 86.5 Å². The minimum atomic E-state index is -1.10. The quantitative estimate of drug-likeness (QED) is 0.765. The van der Waals surface area contributed by atoms with Crippen molar-refractivity contribution in [2.75, 3.05) is 6.61 Å². The van der Waals surface area contributed by atoms with E-state index in [9.17, 15) is 9.90 Å². The normalized spacial score (nSPS) is 10.5. The van der Waals surface area contributed by atoms with E-state index in [4.69, 9.17) is 9.47 Å². The Morgan fingerprint density at radius 2 is 1.83 bits per heavy atom. The molecule has 1 N–H and O–H groups in total. The van der Waals surface area contributed by atoms with Crippen LogP contribution in [0.15, 0.2) is 24.3 Å². The molecule has 0 fully saturated rings. The third-order valence-electron chi connectivity index (χ3n) is 3.27. The van der Waals surface area contributed by atoms with Crippen LogP contribution in [0.25, 0.3) is 0 Å². The first-order chi connectivity index (χ1) is 11.2. The second-order valence-electron chi connectivity index (χ2n) is 4.96. The number of carboxylic acids is 1. The Kier molecular flexibility index (Phi) is 5.96. The Balaban J connectivity index is 2.08. The first-order valence-corrected chi connectivity index (χ1v) is 7.67. The zero-order valence-corrected chi connectivity index (χ0v) is 13.4. The van der Waals surface area contributed by atoms with Crippen molar-refractivity contribution < 1.29 is 19.4 Å². The smallest absolute Gasteiger partial charge is 0.358 e.